The average molecular weight is 186 g/mol. The van der Waals surface area contributed by atoms with Crippen molar-refractivity contribution in [2.45, 2.75) is 6.42 Å². The minimum absolute atomic E-state index is 0.0467. The molecule has 0 N–H and O–H groups in total. The van der Waals surface area contributed by atoms with Crippen LogP contribution in [0.15, 0.2) is 22.6 Å². The molecule has 0 aliphatic heterocycles. The third-order valence-corrected chi connectivity index (χ3v) is 1.89. The van der Waals surface area contributed by atoms with Crippen molar-refractivity contribution in [3.05, 3.63) is 29.7 Å². The largest absolute Gasteiger partial charge is 0.434 e. The van der Waals surface area contributed by atoms with Crippen LogP contribution in [0.25, 0.3) is 11.1 Å². The number of para-hydroxylation sites is 1. The SMILES string of the molecule is N#CCc1cccc2oc(C=O)nc12. The molecule has 4 heteroatoms. The second kappa shape index (κ2) is 3.30. The summed E-state index contributed by atoms with van der Waals surface area (Å²) in [5.41, 5.74) is 1.91. The van der Waals surface area contributed by atoms with Crippen molar-refractivity contribution >= 4 is 17.4 Å². The van der Waals surface area contributed by atoms with E-state index < -0.39 is 0 Å². The van der Waals surface area contributed by atoms with Gasteiger partial charge in [-0.2, -0.15) is 5.26 Å². The van der Waals surface area contributed by atoms with Crippen LogP contribution < -0.4 is 0 Å². The molecular weight excluding hydrogens is 180 g/mol. The lowest BCUT2D eigenvalue weighted by molar-refractivity contribution is 0.109. The number of nitrogens with zero attached hydrogens (tertiary/aromatic N) is 2. The molecule has 0 atom stereocenters. The summed E-state index contributed by atoms with van der Waals surface area (Å²) in [5, 5.41) is 8.57. The fourth-order valence-corrected chi connectivity index (χ4v) is 1.30. The molecule has 0 aliphatic rings. The maximum Gasteiger partial charge on any atom is 0.260 e. The molecule has 0 radical (unpaired) electrons. The first kappa shape index (κ1) is 8.45. The smallest absolute Gasteiger partial charge is 0.260 e. The standard InChI is InChI=1S/C10H6N2O2/c11-5-4-7-2-1-3-8-10(7)12-9(6-13)14-8/h1-3,6H,4H2. The number of benzene rings is 1. The van der Waals surface area contributed by atoms with Gasteiger partial charge in [-0.1, -0.05) is 12.1 Å². The van der Waals surface area contributed by atoms with Gasteiger partial charge in [0.1, 0.15) is 5.52 Å². The molecule has 0 amide bonds. The van der Waals surface area contributed by atoms with Crippen LogP contribution in [0, 0.1) is 11.3 Å². The molecule has 0 saturated carbocycles. The number of nitriles is 1. The van der Waals surface area contributed by atoms with Gasteiger partial charge in [0.15, 0.2) is 5.58 Å². The van der Waals surface area contributed by atoms with Crippen LogP contribution in [0.5, 0.6) is 0 Å². The lowest BCUT2D eigenvalue weighted by Gasteiger charge is -1.92. The summed E-state index contributed by atoms with van der Waals surface area (Å²) in [6.07, 6.45) is 0.818. The molecule has 68 valence electrons. The highest BCUT2D eigenvalue weighted by atomic mass is 16.4. The second-order valence-electron chi connectivity index (χ2n) is 2.77. The molecule has 1 heterocycles. The van der Waals surface area contributed by atoms with E-state index in [4.69, 9.17) is 9.68 Å². The predicted octanol–water partition coefficient (Wildman–Crippen LogP) is 1.71. The van der Waals surface area contributed by atoms with Gasteiger partial charge in [0, 0.05) is 0 Å². The summed E-state index contributed by atoms with van der Waals surface area (Å²) < 4.78 is 5.12. The molecule has 0 fully saturated rings. The van der Waals surface area contributed by atoms with Crippen LogP contribution in [0.4, 0.5) is 0 Å². The Balaban J connectivity index is 2.67. The summed E-state index contributed by atoms with van der Waals surface area (Å²) in [7, 11) is 0. The molecular formula is C10H6N2O2. The highest BCUT2D eigenvalue weighted by Crippen LogP contribution is 2.18. The van der Waals surface area contributed by atoms with E-state index in [9.17, 15) is 4.79 Å². The molecule has 2 aromatic rings. The van der Waals surface area contributed by atoms with E-state index in [2.05, 4.69) is 4.98 Å². The highest BCUT2D eigenvalue weighted by molar-refractivity contribution is 5.81. The van der Waals surface area contributed by atoms with Gasteiger partial charge in [-0.05, 0) is 11.6 Å². The Morgan fingerprint density at radius 3 is 3.14 bits per heavy atom. The molecule has 0 spiro atoms. The number of carbonyl (C=O) groups is 1. The first-order valence-electron chi connectivity index (χ1n) is 4.05. The number of rotatable bonds is 2. The molecule has 0 bridgehead atoms. The van der Waals surface area contributed by atoms with Crippen molar-refractivity contribution in [2.24, 2.45) is 0 Å². The summed E-state index contributed by atoms with van der Waals surface area (Å²) in [4.78, 5) is 14.4. The van der Waals surface area contributed by atoms with E-state index >= 15 is 0 Å². The predicted molar refractivity (Wildman–Crippen MR) is 48.7 cm³/mol. The Hall–Kier alpha value is -2.15. The molecule has 14 heavy (non-hydrogen) atoms. The van der Waals surface area contributed by atoms with E-state index in [0.717, 1.165) is 5.56 Å². The third-order valence-electron chi connectivity index (χ3n) is 1.89. The van der Waals surface area contributed by atoms with Gasteiger partial charge in [-0.3, -0.25) is 4.79 Å². The molecule has 1 aromatic heterocycles. The minimum atomic E-state index is 0.0467. The quantitative estimate of drug-likeness (QED) is 0.669. The normalized spacial score (nSPS) is 9.93. The Morgan fingerprint density at radius 1 is 1.57 bits per heavy atom. The van der Waals surface area contributed by atoms with Gasteiger partial charge in [0.05, 0.1) is 12.5 Å². The molecule has 4 nitrogen and oxygen atoms in total. The fourth-order valence-electron chi connectivity index (χ4n) is 1.30. The van der Waals surface area contributed by atoms with Crippen molar-refractivity contribution in [3.63, 3.8) is 0 Å². The summed E-state index contributed by atoms with van der Waals surface area (Å²) in [5.74, 6) is 0.0467. The van der Waals surface area contributed by atoms with E-state index in [1.807, 2.05) is 6.07 Å². The number of aldehydes is 1. The van der Waals surface area contributed by atoms with E-state index in [1.165, 1.54) is 0 Å². The van der Waals surface area contributed by atoms with Gasteiger partial charge in [-0.15, -0.1) is 0 Å². The van der Waals surface area contributed by atoms with Gasteiger partial charge in [-0.25, -0.2) is 4.98 Å². The molecule has 2 rings (SSSR count). The maximum absolute atomic E-state index is 10.4. The number of hydrogen-bond donors (Lipinski definition) is 0. The number of hydrogen-bond acceptors (Lipinski definition) is 4. The van der Waals surface area contributed by atoms with Crippen LogP contribution in [0.2, 0.25) is 0 Å². The number of fused-ring (bicyclic) bond motifs is 1. The lowest BCUT2D eigenvalue weighted by atomic mass is 10.1. The van der Waals surface area contributed by atoms with Crippen LogP contribution in [0.3, 0.4) is 0 Å². The minimum Gasteiger partial charge on any atom is -0.434 e. The Kier molecular flexibility index (Phi) is 1.99. The second-order valence-corrected chi connectivity index (χ2v) is 2.77. The Morgan fingerprint density at radius 2 is 2.43 bits per heavy atom. The maximum atomic E-state index is 10.4. The van der Waals surface area contributed by atoms with Crippen molar-refractivity contribution in [2.75, 3.05) is 0 Å². The van der Waals surface area contributed by atoms with Crippen molar-refractivity contribution < 1.29 is 9.21 Å². The van der Waals surface area contributed by atoms with E-state index in [-0.39, 0.29) is 12.3 Å². The van der Waals surface area contributed by atoms with Crippen molar-refractivity contribution in [1.29, 1.82) is 5.26 Å². The van der Waals surface area contributed by atoms with Crippen LogP contribution in [-0.2, 0) is 6.42 Å². The lowest BCUT2D eigenvalue weighted by Crippen LogP contribution is -1.83. The number of carbonyl (C=O) groups excluding carboxylic acids is 1. The van der Waals surface area contributed by atoms with Crippen LogP contribution in [-0.4, -0.2) is 11.3 Å². The zero-order valence-corrected chi connectivity index (χ0v) is 7.23. The Bertz CT molecular complexity index is 522. The van der Waals surface area contributed by atoms with Crippen molar-refractivity contribution in [3.8, 4) is 6.07 Å². The monoisotopic (exact) mass is 186 g/mol. The van der Waals surface area contributed by atoms with Gasteiger partial charge in [0.25, 0.3) is 5.89 Å². The molecule has 0 unspecified atom stereocenters. The summed E-state index contributed by atoms with van der Waals surface area (Å²) >= 11 is 0. The van der Waals surface area contributed by atoms with Crippen LogP contribution in [0.1, 0.15) is 16.2 Å². The first-order valence-corrected chi connectivity index (χ1v) is 4.05. The fraction of sp³-hybridized carbons (Fsp3) is 0.100. The third kappa shape index (κ3) is 1.25. The van der Waals surface area contributed by atoms with Crippen molar-refractivity contribution in [1.82, 2.24) is 4.98 Å². The van der Waals surface area contributed by atoms with Crippen LogP contribution >= 0.6 is 0 Å². The zero-order chi connectivity index (χ0) is 9.97. The topological polar surface area (TPSA) is 66.9 Å². The summed E-state index contributed by atoms with van der Waals surface area (Å²) in [6.45, 7) is 0. The molecule has 1 aromatic carbocycles. The highest BCUT2D eigenvalue weighted by Gasteiger charge is 2.07. The number of oxazole rings is 1. The molecule has 0 aliphatic carbocycles. The van der Waals surface area contributed by atoms with Gasteiger partial charge >= 0.3 is 0 Å². The average Bonchev–Trinajstić information content (AvgIpc) is 2.62. The summed E-state index contributed by atoms with van der Waals surface area (Å²) in [6, 6.07) is 7.32. The molecule has 0 saturated heterocycles. The zero-order valence-electron chi connectivity index (χ0n) is 7.23. The van der Waals surface area contributed by atoms with E-state index in [0.29, 0.717) is 17.4 Å². The van der Waals surface area contributed by atoms with Gasteiger partial charge in [0.2, 0.25) is 6.29 Å². The van der Waals surface area contributed by atoms with Gasteiger partial charge < -0.3 is 4.42 Å². The Labute approximate surface area is 79.8 Å². The van der Waals surface area contributed by atoms with E-state index in [1.54, 1.807) is 18.2 Å². The first-order chi connectivity index (χ1) is 6.85. The number of aromatic nitrogens is 1.